The first-order valence-electron chi connectivity index (χ1n) is 15.0. The predicted molar refractivity (Wildman–Crippen MR) is 146 cm³/mol. The highest BCUT2D eigenvalue weighted by molar-refractivity contribution is 5.62. The maximum atomic E-state index is 14.5. The number of piperazine rings is 1. The molecule has 0 saturated carbocycles. The first-order valence-corrected chi connectivity index (χ1v) is 15.0. The van der Waals surface area contributed by atoms with Gasteiger partial charge in [-0.25, -0.2) is 8.78 Å². The maximum absolute atomic E-state index is 14.5. The van der Waals surface area contributed by atoms with E-state index in [1.54, 1.807) is 12.1 Å². The van der Waals surface area contributed by atoms with Crippen LogP contribution in [0.2, 0.25) is 0 Å². The van der Waals surface area contributed by atoms with Gasteiger partial charge >= 0.3 is 6.01 Å². The van der Waals surface area contributed by atoms with Gasteiger partial charge in [-0.1, -0.05) is 12.1 Å². The van der Waals surface area contributed by atoms with Gasteiger partial charge in [-0.15, -0.1) is 0 Å². The zero-order valence-electron chi connectivity index (χ0n) is 22.6. The highest BCUT2D eigenvalue weighted by Crippen LogP contribution is 2.46. The molecule has 8 rings (SSSR count). The first kappa shape index (κ1) is 24.3. The van der Waals surface area contributed by atoms with Crippen molar-refractivity contribution in [2.75, 3.05) is 49.1 Å². The van der Waals surface area contributed by atoms with Gasteiger partial charge in [-0.05, 0) is 76.1 Å². The number of benzene rings is 1. The van der Waals surface area contributed by atoms with E-state index in [4.69, 9.17) is 14.7 Å². The van der Waals surface area contributed by atoms with Crippen molar-refractivity contribution in [3.8, 4) is 6.01 Å². The molecular formula is C30H38F2N6O. The van der Waals surface area contributed by atoms with E-state index in [0.29, 0.717) is 37.7 Å². The van der Waals surface area contributed by atoms with Crippen molar-refractivity contribution in [3.63, 3.8) is 0 Å². The van der Waals surface area contributed by atoms with E-state index < -0.39 is 5.92 Å². The molecule has 0 unspecified atom stereocenters. The van der Waals surface area contributed by atoms with E-state index in [2.05, 4.69) is 20.0 Å². The third-order valence-electron chi connectivity index (χ3n) is 10.4. The Morgan fingerprint density at radius 3 is 2.51 bits per heavy atom. The second-order valence-corrected chi connectivity index (χ2v) is 12.7. The fourth-order valence-electron chi connectivity index (χ4n) is 8.44. The van der Waals surface area contributed by atoms with Gasteiger partial charge < -0.3 is 19.9 Å². The van der Waals surface area contributed by atoms with Crippen molar-refractivity contribution in [3.05, 3.63) is 40.6 Å². The molecule has 2 bridgehead atoms. The number of fused-ring (bicyclic) bond motifs is 5. The number of rotatable bonds is 5. The highest BCUT2D eigenvalue weighted by atomic mass is 19.3. The van der Waals surface area contributed by atoms with E-state index in [0.717, 1.165) is 48.8 Å². The van der Waals surface area contributed by atoms with Gasteiger partial charge in [0.1, 0.15) is 12.4 Å². The molecule has 1 aromatic heterocycles. The summed E-state index contributed by atoms with van der Waals surface area (Å²) >= 11 is 0. The molecule has 2 aromatic rings. The number of halogens is 2. The predicted octanol–water partition coefficient (Wildman–Crippen LogP) is 4.03. The van der Waals surface area contributed by atoms with E-state index in [9.17, 15) is 8.78 Å². The quantitative estimate of drug-likeness (QED) is 0.620. The summed E-state index contributed by atoms with van der Waals surface area (Å²) in [6.45, 7) is 6.27. The molecular weight excluding hydrogens is 498 g/mol. The summed E-state index contributed by atoms with van der Waals surface area (Å²) in [7, 11) is 0. The molecule has 6 aliphatic rings. The van der Waals surface area contributed by atoms with Crippen LogP contribution in [-0.4, -0.2) is 71.8 Å². The molecule has 0 radical (unpaired) electrons. The first-order chi connectivity index (χ1) is 19.0. The second-order valence-electron chi connectivity index (χ2n) is 12.7. The number of anilines is 2. The average Bonchev–Trinajstić information content (AvgIpc) is 3.69. The number of nitrogens with zero attached hydrogens (tertiary/aromatic N) is 5. The van der Waals surface area contributed by atoms with Crippen LogP contribution in [0, 0.1) is 0 Å². The number of aromatic nitrogens is 2. The van der Waals surface area contributed by atoms with Crippen LogP contribution in [0.25, 0.3) is 0 Å². The molecule has 6 heterocycles. The fourth-order valence-corrected chi connectivity index (χ4v) is 8.44. The van der Waals surface area contributed by atoms with Crippen LogP contribution in [0.1, 0.15) is 67.3 Å². The van der Waals surface area contributed by atoms with Crippen molar-refractivity contribution in [1.82, 2.24) is 20.2 Å². The third-order valence-corrected chi connectivity index (χ3v) is 10.4. The standard InChI is InChI=1S/C30H38F2N6O/c31-30(32)12-8-22-24(30)4-1-5-26(22)36-15-9-23-25(18-36)34-28(39-19-29-10-2-13-38(29)14-3-11-29)35-27(23)37-16-20-6-7-21(17-37)33-20/h1,4-5,20-21,33H,2-3,6-19H2/t20-,21+. The lowest BCUT2D eigenvalue weighted by atomic mass is 9.95. The zero-order chi connectivity index (χ0) is 26.2. The van der Waals surface area contributed by atoms with Gasteiger partial charge in [-0.3, -0.25) is 4.90 Å². The van der Waals surface area contributed by atoms with Gasteiger partial charge in [0, 0.05) is 55.0 Å². The Hall–Kier alpha value is -2.52. The molecule has 39 heavy (non-hydrogen) atoms. The largest absolute Gasteiger partial charge is 0.461 e. The normalized spacial score (nSPS) is 28.5. The van der Waals surface area contributed by atoms with E-state index in [1.807, 2.05) is 6.07 Å². The summed E-state index contributed by atoms with van der Waals surface area (Å²) in [5, 5.41) is 3.74. The lowest BCUT2D eigenvalue weighted by Crippen LogP contribution is -2.52. The molecule has 7 nitrogen and oxygen atoms in total. The van der Waals surface area contributed by atoms with Crippen LogP contribution >= 0.6 is 0 Å². The summed E-state index contributed by atoms with van der Waals surface area (Å²) in [6, 6.07) is 6.90. The van der Waals surface area contributed by atoms with Gasteiger partial charge in [0.05, 0.1) is 17.8 Å². The Bertz CT molecular complexity index is 1260. The van der Waals surface area contributed by atoms with Crippen LogP contribution in [0.3, 0.4) is 0 Å². The molecule has 0 amide bonds. The number of nitrogens with one attached hydrogen (secondary N) is 1. The summed E-state index contributed by atoms with van der Waals surface area (Å²) in [6.07, 6.45) is 8.40. The summed E-state index contributed by atoms with van der Waals surface area (Å²) in [4.78, 5) is 17.4. The minimum atomic E-state index is -2.73. The van der Waals surface area contributed by atoms with Gasteiger partial charge in [0.2, 0.25) is 0 Å². The molecule has 1 aliphatic carbocycles. The monoisotopic (exact) mass is 536 g/mol. The summed E-state index contributed by atoms with van der Waals surface area (Å²) < 4.78 is 35.6. The van der Waals surface area contributed by atoms with Crippen LogP contribution in [0.4, 0.5) is 20.3 Å². The summed E-state index contributed by atoms with van der Waals surface area (Å²) in [5.41, 5.74) is 4.27. The topological polar surface area (TPSA) is 56.8 Å². The Labute approximate surface area is 228 Å². The SMILES string of the molecule is FC1(F)CCc2c(N3CCc4c(nc(OCC56CCCN5CCC6)nc4N4C[C@H]5CC[C@@H](C4)N5)C3)cccc21. The highest BCUT2D eigenvalue weighted by Gasteiger charge is 2.45. The Morgan fingerprint density at radius 1 is 0.923 bits per heavy atom. The number of ether oxygens (including phenoxy) is 1. The van der Waals surface area contributed by atoms with Crippen LogP contribution in [0.15, 0.2) is 18.2 Å². The average molecular weight is 537 g/mol. The molecule has 0 spiro atoms. The number of hydrogen-bond donors (Lipinski definition) is 1. The fraction of sp³-hybridized carbons (Fsp3) is 0.667. The minimum Gasteiger partial charge on any atom is -0.461 e. The lowest BCUT2D eigenvalue weighted by molar-refractivity contribution is -0.00183. The van der Waals surface area contributed by atoms with Crippen molar-refractivity contribution < 1.29 is 13.5 Å². The van der Waals surface area contributed by atoms with Gasteiger partial charge in [-0.2, -0.15) is 9.97 Å². The minimum absolute atomic E-state index is 0.0990. The zero-order valence-corrected chi connectivity index (χ0v) is 22.6. The molecule has 4 fully saturated rings. The van der Waals surface area contributed by atoms with Crippen molar-refractivity contribution >= 4 is 11.5 Å². The Kier molecular flexibility index (Phi) is 5.60. The number of alkyl halides is 2. The molecule has 9 heteroatoms. The van der Waals surface area contributed by atoms with Crippen molar-refractivity contribution in [2.24, 2.45) is 0 Å². The molecule has 5 aliphatic heterocycles. The van der Waals surface area contributed by atoms with E-state index >= 15 is 0 Å². The molecule has 4 saturated heterocycles. The van der Waals surface area contributed by atoms with E-state index in [-0.39, 0.29) is 17.5 Å². The van der Waals surface area contributed by atoms with E-state index in [1.165, 1.54) is 57.2 Å². The lowest BCUT2D eigenvalue weighted by Gasteiger charge is -2.38. The van der Waals surface area contributed by atoms with Gasteiger partial charge in [0.15, 0.2) is 0 Å². The van der Waals surface area contributed by atoms with Crippen molar-refractivity contribution in [1.29, 1.82) is 0 Å². The molecule has 208 valence electrons. The van der Waals surface area contributed by atoms with Gasteiger partial charge in [0.25, 0.3) is 5.92 Å². The van der Waals surface area contributed by atoms with Crippen molar-refractivity contribution in [2.45, 2.75) is 87.9 Å². The molecule has 1 N–H and O–H groups in total. The second kappa shape index (κ2) is 8.99. The molecule has 1 aromatic carbocycles. The Balaban J connectivity index is 1.12. The maximum Gasteiger partial charge on any atom is 0.318 e. The van der Waals surface area contributed by atoms with Crippen LogP contribution < -0.4 is 19.9 Å². The molecule has 2 atom stereocenters. The number of hydrogen-bond acceptors (Lipinski definition) is 7. The Morgan fingerprint density at radius 2 is 1.72 bits per heavy atom. The summed E-state index contributed by atoms with van der Waals surface area (Å²) in [5.74, 6) is -1.70. The third kappa shape index (κ3) is 4.02. The van der Waals surface area contributed by atoms with Crippen LogP contribution in [0.5, 0.6) is 6.01 Å². The smallest absolute Gasteiger partial charge is 0.318 e. The van der Waals surface area contributed by atoms with Crippen LogP contribution in [-0.2, 0) is 25.3 Å².